The fraction of sp³-hybridized carbons (Fsp3) is 0.364. The predicted octanol–water partition coefficient (Wildman–Crippen LogP) is 6.85. The van der Waals surface area contributed by atoms with E-state index < -0.39 is 5.97 Å². The van der Waals surface area contributed by atoms with Crippen LogP contribution in [0.2, 0.25) is 5.02 Å². The standard InChI is InChI=1S/C33H36ClN3O5S/c1-6-36(7-2)18-24-30(33(39)42-8-3)28(21-11-14-25(40-4)26(17-21)41-5)29-23-15-16-37(19-27(23)43-31(29)35-24)32(38)20-9-12-22(34)13-10-20/h9-14,17H,6-8,15-16,18-19H2,1-5H3. The summed E-state index contributed by atoms with van der Waals surface area (Å²) in [4.78, 5) is 38.3. The predicted molar refractivity (Wildman–Crippen MR) is 171 cm³/mol. The lowest BCUT2D eigenvalue weighted by Crippen LogP contribution is -2.35. The van der Waals surface area contributed by atoms with Crippen molar-refractivity contribution in [3.05, 3.63) is 74.7 Å². The summed E-state index contributed by atoms with van der Waals surface area (Å²) in [6.45, 7) is 9.37. The van der Waals surface area contributed by atoms with Gasteiger partial charge in [-0.05, 0) is 74.0 Å². The van der Waals surface area contributed by atoms with E-state index in [0.717, 1.165) is 44.9 Å². The molecule has 8 nitrogen and oxygen atoms in total. The van der Waals surface area contributed by atoms with E-state index in [4.69, 9.17) is 30.8 Å². The molecule has 10 heteroatoms. The molecule has 5 rings (SSSR count). The highest BCUT2D eigenvalue weighted by Gasteiger charge is 2.31. The summed E-state index contributed by atoms with van der Waals surface area (Å²) in [5.41, 5.74) is 4.44. The fourth-order valence-electron chi connectivity index (χ4n) is 5.60. The molecule has 43 heavy (non-hydrogen) atoms. The van der Waals surface area contributed by atoms with Gasteiger partial charge in [0.2, 0.25) is 0 Å². The Labute approximate surface area is 261 Å². The number of aromatic nitrogens is 1. The first-order valence-corrected chi connectivity index (χ1v) is 15.7. The molecule has 0 saturated carbocycles. The highest BCUT2D eigenvalue weighted by molar-refractivity contribution is 7.19. The number of carbonyl (C=O) groups excluding carboxylic acids is 2. The van der Waals surface area contributed by atoms with Gasteiger partial charge in [0.15, 0.2) is 11.5 Å². The summed E-state index contributed by atoms with van der Waals surface area (Å²) >= 11 is 7.63. The van der Waals surface area contributed by atoms with Gasteiger partial charge in [-0.15, -0.1) is 11.3 Å². The number of esters is 1. The quantitative estimate of drug-likeness (QED) is 0.179. The van der Waals surface area contributed by atoms with Gasteiger partial charge in [-0.25, -0.2) is 9.78 Å². The van der Waals surface area contributed by atoms with Crippen molar-refractivity contribution in [1.29, 1.82) is 0 Å². The van der Waals surface area contributed by atoms with Crippen molar-refractivity contribution in [2.45, 2.75) is 40.3 Å². The van der Waals surface area contributed by atoms with Gasteiger partial charge in [-0.3, -0.25) is 9.69 Å². The number of benzene rings is 2. The van der Waals surface area contributed by atoms with Crippen LogP contribution in [0.3, 0.4) is 0 Å². The molecule has 0 N–H and O–H groups in total. The van der Waals surface area contributed by atoms with Crippen molar-refractivity contribution in [3.63, 3.8) is 0 Å². The third-order valence-electron chi connectivity index (χ3n) is 7.86. The molecule has 0 bridgehead atoms. The maximum absolute atomic E-state index is 13.8. The minimum Gasteiger partial charge on any atom is -0.493 e. The van der Waals surface area contributed by atoms with Gasteiger partial charge in [-0.2, -0.15) is 0 Å². The number of amides is 1. The molecule has 2 aromatic carbocycles. The molecule has 2 aromatic heterocycles. The van der Waals surface area contributed by atoms with Crippen LogP contribution in [0.4, 0.5) is 0 Å². The Balaban J connectivity index is 1.72. The van der Waals surface area contributed by atoms with E-state index in [1.54, 1.807) is 49.8 Å². The Morgan fingerprint density at radius 2 is 1.74 bits per heavy atom. The minimum atomic E-state index is -0.404. The summed E-state index contributed by atoms with van der Waals surface area (Å²) in [7, 11) is 3.20. The molecule has 0 atom stereocenters. The second kappa shape index (κ2) is 13.3. The maximum Gasteiger partial charge on any atom is 0.340 e. The lowest BCUT2D eigenvalue weighted by molar-refractivity contribution is 0.0524. The van der Waals surface area contributed by atoms with E-state index in [0.29, 0.717) is 59.4 Å². The van der Waals surface area contributed by atoms with Gasteiger partial charge in [-0.1, -0.05) is 31.5 Å². The molecule has 0 aliphatic carbocycles. The highest BCUT2D eigenvalue weighted by atomic mass is 35.5. The van der Waals surface area contributed by atoms with Crippen molar-refractivity contribution in [1.82, 2.24) is 14.8 Å². The van der Waals surface area contributed by atoms with E-state index in [1.165, 1.54) is 0 Å². The summed E-state index contributed by atoms with van der Waals surface area (Å²) in [6, 6.07) is 12.7. The van der Waals surface area contributed by atoms with Crippen molar-refractivity contribution in [2.24, 2.45) is 0 Å². The number of thiophene rings is 1. The number of fused-ring (bicyclic) bond motifs is 3. The zero-order valence-electron chi connectivity index (χ0n) is 25.2. The first-order chi connectivity index (χ1) is 20.8. The average Bonchev–Trinajstić information content (AvgIpc) is 3.39. The lowest BCUT2D eigenvalue weighted by Gasteiger charge is -2.27. The molecule has 226 valence electrons. The van der Waals surface area contributed by atoms with Gasteiger partial charge in [0, 0.05) is 39.5 Å². The monoisotopic (exact) mass is 621 g/mol. The largest absolute Gasteiger partial charge is 0.493 e. The SMILES string of the molecule is CCOC(=O)c1c(CN(CC)CC)nc2sc3c(c2c1-c1ccc(OC)c(OC)c1)CCN(C(=O)c1ccc(Cl)cc1)C3. The van der Waals surface area contributed by atoms with Crippen molar-refractivity contribution < 1.29 is 23.8 Å². The number of methoxy groups -OCH3 is 2. The first-order valence-electron chi connectivity index (χ1n) is 14.5. The van der Waals surface area contributed by atoms with Gasteiger partial charge < -0.3 is 19.1 Å². The summed E-state index contributed by atoms with van der Waals surface area (Å²) in [6.07, 6.45) is 0.633. The first kappa shape index (κ1) is 30.8. The Morgan fingerprint density at radius 1 is 1.02 bits per heavy atom. The molecule has 0 radical (unpaired) electrons. The second-order valence-electron chi connectivity index (χ2n) is 10.2. The number of ether oxygens (including phenoxy) is 3. The van der Waals surface area contributed by atoms with Crippen LogP contribution in [0.15, 0.2) is 42.5 Å². The number of hydrogen-bond acceptors (Lipinski definition) is 8. The van der Waals surface area contributed by atoms with E-state index in [2.05, 4.69) is 18.7 Å². The minimum absolute atomic E-state index is 0.0396. The van der Waals surface area contributed by atoms with Crippen LogP contribution in [0.25, 0.3) is 21.3 Å². The lowest BCUT2D eigenvalue weighted by atomic mass is 9.91. The van der Waals surface area contributed by atoms with E-state index in [9.17, 15) is 9.59 Å². The van der Waals surface area contributed by atoms with Crippen LogP contribution in [-0.2, 0) is 24.2 Å². The Morgan fingerprint density at radius 3 is 2.40 bits per heavy atom. The van der Waals surface area contributed by atoms with Gasteiger partial charge >= 0.3 is 5.97 Å². The van der Waals surface area contributed by atoms with Crippen LogP contribution in [0.5, 0.6) is 11.5 Å². The van der Waals surface area contributed by atoms with E-state index in [1.807, 2.05) is 30.0 Å². The van der Waals surface area contributed by atoms with Gasteiger partial charge in [0.25, 0.3) is 5.91 Å². The van der Waals surface area contributed by atoms with Crippen LogP contribution in [0, 0.1) is 0 Å². The summed E-state index contributed by atoms with van der Waals surface area (Å²) in [5.74, 6) is 0.719. The molecule has 1 aliphatic rings. The number of nitrogens with zero attached hydrogens (tertiary/aromatic N) is 3. The Bertz CT molecular complexity index is 1650. The highest BCUT2D eigenvalue weighted by Crippen LogP contribution is 2.45. The Hall–Kier alpha value is -3.66. The van der Waals surface area contributed by atoms with Gasteiger partial charge in [0.05, 0.1) is 38.6 Å². The van der Waals surface area contributed by atoms with Gasteiger partial charge in [0.1, 0.15) is 4.83 Å². The van der Waals surface area contributed by atoms with Crippen LogP contribution in [-0.4, -0.2) is 67.1 Å². The van der Waals surface area contributed by atoms with Crippen LogP contribution < -0.4 is 9.47 Å². The number of pyridine rings is 1. The Kier molecular flexibility index (Phi) is 9.54. The van der Waals surface area contributed by atoms with Crippen molar-refractivity contribution in [2.75, 3.05) is 40.5 Å². The van der Waals surface area contributed by atoms with Crippen molar-refractivity contribution in [3.8, 4) is 22.6 Å². The normalized spacial score (nSPS) is 12.9. The van der Waals surface area contributed by atoms with Crippen LogP contribution in [0.1, 0.15) is 57.6 Å². The zero-order chi connectivity index (χ0) is 30.7. The third kappa shape index (κ3) is 6.07. The molecule has 0 spiro atoms. The number of rotatable bonds is 10. The second-order valence-corrected chi connectivity index (χ2v) is 11.7. The molecular weight excluding hydrogens is 586 g/mol. The third-order valence-corrected chi connectivity index (χ3v) is 9.22. The fourth-order valence-corrected chi connectivity index (χ4v) is 6.99. The smallest absolute Gasteiger partial charge is 0.340 e. The zero-order valence-corrected chi connectivity index (χ0v) is 26.7. The molecule has 3 heterocycles. The molecule has 0 unspecified atom stereocenters. The molecule has 0 fully saturated rings. The number of halogens is 1. The molecule has 4 aromatic rings. The molecular formula is C33H36ClN3O5S. The van der Waals surface area contributed by atoms with Crippen LogP contribution >= 0.6 is 22.9 Å². The average molecular weight is 622 g/mol. The molecule has 1 aliphatic heterocycles. The molecule has 1 amide bonds. The van der Waals surface area contributed by atoms with E-state index in [-0.39, 0.29) is 12.5 Å². The number of carbonyl (C=O) groups is 2. The maximum atomic E-state index is 13.8. The van der Waals surface area contributed by atoms with E-state index >= 15 is 0 Å². The van der Waals surface area contributed by atoms with Crippen molar-refractivity contribution >= 4 is 45.0 Å². The topological polar surface area (TPSA) is 81.2 Å². The summed E-state index contributed by atoms with van der Waals surface area (Å²) < 4.78 is 16.8. The number of hydrogen-bond donors (Lipinski definition) is 0. The summed E-state index contributed by atoms with van der Waals surface area (Å²) in [5, 5.41) is 1.52. The molecule has 0 saturated heterocycles.